The van der Waals surface area contributed by atoms with Gasteiger partial charge in [0.05, 0.1) is 5.37 Å². The highest BCUT2D eigenvalue weighted by Gasteiger charge is 2.32. The van der Waals surface area contributed by atoms with Gasteiger partial charge in [-0.3, -0.25) is 4.90 Å². The first-order valence-corrected chi connectivity index (χ1v) is 12.8. The first kappa shape index (κ1) is 25.4. The summed E-state index contributed by atoms with van der Waals surface area (Å²) in [5.74, 6) is 2.23. The van der Waals surface area contributed by atoms with Crippen molar-refractivity contribution in [2.45, 2.75) is 89.7 Å². The summed E-state index contributed by atoms with van der Waals surface area (Å²) in [6.45, 7) is 25.0. The van der Waals surface area contributed by atoms with Crippen molar-refractivity contribution >= 4 is 44.2 Å². The molecule has 0 aromatic carbocycles. The number of halogens is 1. The molecule has 0 radical (unpaired) electrons. The first-order chi connectivity index (χ1) is 10.7. The van der Waals surface area contributed by atoms with Crippen molar-refractivity contribution in [1.29, 1.82) is 0 Å². The molecule has 0 fully saturated rings. The van der Waals surface area contributed by atoms with Crippen molar-refractivity contribution in [3.63, 3.8) is 0 Å². The first-order valence-electron chi connectivity index (χ1n) is 9.38. The second-order valence-corrected chi connectivity index (χ2v) is 14.6. The fourth-order valence-corrected chi connectivity index (χ4v) is 6.91. The van der Waals surface area contributed by atoms with Crippen LogP contribution in [-0.4, -0.2) is 32.5 Å². The molecule has 0 aromatic heterocycles. The van der Waals surface area contributed by atoms with Gasteiger partial charge in [-0.25, -0.2) is 0 Å². The quantitative estimate of drug-likeness (QED) is 0.128. The van der Waals surface area contributed by atoms with Crippen LogP contribution in [0.15, 0.2) is 0 Å². The summed E-state index contributed by atoms with van der Waals surface area (Å²) in [6.07, 6.45) is 1.26. The Morgan fingerprint density at radius 2 is 1.46 bits per heavy atom. The molecule has 0 aliphatic carbocycles. The number of nitrogens with zero attached hydrogens (tertiary/aromatic N) is 1. The highest BCUT2D eigenvalue weighted by atomic mass is 127. The molecule has 0 spiro atoms. The minimum Gasteiger partial charge on any atom is -0.294 e. The van der Waals surface area contributed by atoms with Gasteiger partial charge in [-0.15, -0.1) is 0 Å². The third kappa shape index (κ3) is 9.36. The molecule has 0 saturated carbocycles. The fourth-order valence-electron chi connectivity index (χ4n) is 2.97. The largest absolute Gasteiger partial charge is 0.294 e. The molecule has 3 unspecified atom stereocenters. The summed E-state index contributed by atoms with van der Waals surface area (Å²) in [4.78, 5) is 2.54. The number of alkyl halides is 1. The summed E-state index contributed by atoms with van der Waals surface area (Å²) in [7, 11) is 6.42. The Balaban J connectivity index is 4.57. The Hall–Kier alpha value is 1.39. The van der Waals surface area contributed by atoms with E-state index in [1.54, 1.807) is 0 Å². The lowest BCUT2D eigenvalue weighted by atomic mass is 9.75. The molecule has 0 rings (SSSR count). The zero-order valence-electron chi connectivity index (χ0n) is 17.9. The molecule has 0 heterocycles. The minimum atomic E-state index is 0.307. The molecule has 1 nitrogen and oxygen atoms in total. The van der Waals surface area contributed by atoms with Gasteiger partial charge in [-0.1, -0.05) is 92.6 Å². The Kier molecular flexibility index (Phi) is 11.3. The van der Waals surface area contributed by atoms with E-state index in [0.717, 1.165) is 21.7 Å². The summed E-state index contributed by atoms with van der Waals surface area (Å²) in [5, 5.41) is 0.549. The van der Waals surface area contributed by atoms with Gasteiger partial charge in [-0.05, 0) is 57.4 Å². The zero-order chi connectivity index (χ0) is 19.3. The minimum absolute atomic E-state index is 0.307. The van der Waals surface area contributed by atoms with Crippen molar-refractivity contribution in [2.75, 3.05) is 13.6 Å². The maximum atomic E-state index is 2.59. The Morgan fingerprint density at radius 3 is 1.83 bits per heavy atom. The third-order valence-corrected chi connectivity index (χ3v) is 10.2. The van der Waals surface area contributed by atoms with Crippen LogP contribution in [0.1, 0.15) is 75.7 Å². The standard InChI is InChI=1S/C20H42INS2/c1-14(2)18(16(5)21)12-22(11)17(6)23-24-20(9,10)13-19(7,8)15(3)4/h14-18H,12-13H2,1-11H3. The zero-order valence-corrected chi connectivity index (χ0v) is 21.7. The molecule has 0 bridgehead atoms. The molecule has 0 amide bonds. The molecule has 3 atom stereocenters. The molecule has 0 aromatic rings. The monoisotopic (exact) mass is 487 g/mol. The van der Waals surface area contributed by atoms with E-state index >= 15 is 0 Å². The molecular weight excluding hydrogens is 445 g/mol. The molecule has 0 aliphatic rings. The maximum Gasteiger partial charge on any atom is 0.0631 e. The van der Waals surface area contributed by atoms with Crippen LogP contribution in [0.3, 0.4) is 0 Å². The second-order valence-electron chi connectivity index (χ2n) is 9.38. The van der Waals surface area contributed by atoms with Crippen molar-refractivity contribution < 1.29 is 0 Å². The van der Waals surface area contributed by atoms with Crippen LogP contribution in [0.25, 0.3) is 0 Å². The molecule has 0 aliphatic heterocycles. The van der Waals surface area contributed by atoms with E-state index in [1.165, 1.54) is 13.0 Å². The topological polar surface area (TPSA) is 3.24 Å². The van der Waals surface area contributed by atoms with Gasteiger partial charge in [0, 0.05) is 15.2 Å². The number of hydrogen-bond acceptors (Lipinski definition) is 3. The third-order valence-electron chi connectivity index (χ3n) is 5.42. The maximum absolute atomic E-state index is 2.59. The Labute approximate surface area is 174 Å². The van der Waals surface area contributed by atoms with Gasteiger partial charge in [0.1, 0.15) is 0 Å². The molecule has 0 N–H and O–H groups in total. The normalized spacial score (nSPS) is 17.6. The molecule has 0 saturated heterocycles. The van der Waals surface area contributed by atoms with E-state index in [0.29, 0.717) is 15.5 Å². The molecule has 146 valence electrons. The van der Waals surface area contributed by atoms with Crippen molar-refractivity contribution in [1.82, 2.24) is 4.90 Å². The number of hydrogen-bond donors (Lipinski definition) is 0. The van der Waals surface area contributed by atoms with Gasteiger partial charge in [0.2, 0.25) is 0 Å². The molecular formula is C20H42INS2. The Morgan fingerprint density at radius 1 is 0.958 bits per heavy atom. The fraction of sp³-hybridized carbons (Fsp3) is 1.00. The lowest BCUT2D eigenvalue weighted by Crippen LogP contribution is -2.36. The highest BCUT2D eigenvalue weighted by Crippen LogP contribution is 2.47. The van der Waals surface area contributed by atoms with E-state index in [2.05, 4.69) is 115 Å². The van der Waals surface area contributed by atoms with E-state index in [1.807, 2.05) is 10.8 Å². The summed E-state index contributed by atoms with van der Waals surface area (Å²) >= 11 is 2.59. The van der Waals surface area contributed by atoms with Crippen molar-refractivity contribution in [2.24, 2.45) is 23.2 Å². The highest BCUT2D eigenvalue weighted by molar-refractivity contribution is 14.1. The Bertz CT molecular complexity index is 346. The smallest absolute Gasteiger partial charge is 0.0631 e. The summed E-state index contributed by atoms with van der Waals surface area (Å²) < 4.78 is 1.03. The predicted molar refractivity (Wildman–Crippen MR) is 126 cm³/mol. The molecule has 24 heavy (non-hydrogen) atoms. The van der Waals surface area contributed by atoms with Crippen LogP contribution in [-0.2, 0) is 0 Å². The van der Waals surface area contributed by atoms with E-state index in [-0.39, 0.29) is 0 Å². The molecule has 4 heteroatoms. The van der Waals surface area contributed by atoms with Crippen LogP contribution < -0.4 is 0 Å². The van der Waals surface area contributed by atoms with Crippen LogP contribution in [0, 0.1) is 23.2 Å². The van der Waals surface area contributed by atoms with Crippen molar-refractivity contribution in [3.8, 4) is 0 Å². The lowest BCUT2D eigenvalue weighted by molar-refractivity contribution is 0.210. The van der Waals surface area contributed by atoms with E-state index < -0.39 is 0 Å². The van der Waals surface area contributed by atoms with E-state index in [4.69, 9.17) is 0 Å². The van der Waals surface area contributed by atoms with Gasteiger partial charge < -0.3 is 0 Å². The average molecular weight is 488 g/mol. The number of rotatable bonds is 11. The SMILES string of the molecule is CC(C)C(CN(C)C(C)SSC(C)(C)CC(C)(C)C(C)C)C(C)I. The van der Waals surface area contributed by atoms with E-state index in [9.17, 15) is 0 Å². The predicted octanol–water partition coefficient (Wildman–Crippen LogP) is 7.59. The van der Waals surface area contributed by atoms with Gasteiger partial charge in [-0.2, -0.15) is 0 Å². The van der Waals surface area contributed by atoms with Gasteiger partial charge >= 0.3 is 0 Å². The van der Waals surface area contributed by atoms with Gasteiger partial charge in [0.25, 0.3) is 0 Å². The van der Waals surface area contributed by atoms with Gasteiger partial charge in [0.15, 0.2) is 0 Å². The average Bonchev–Trinajstić information content (AvgIpc) is 2.39. The van der Waals surface area contributed by atoms with Crippen LogP contribution in [0.5, 0.6) is 0 Å². The second kappa shape index (κ2) is 10.7. The van der Waals surface area contributed by atoms with Crippen molar-refractivity contribution in [3.05, 3.63) is 0 Å². The van der Waals surface area contributed by atoms with Crippen LogP contribution in [0.2, 0.25) is 0 Å². The van der Waals surface area contributed by atoms with Crippen LogP contribution in [0.4, 0.5) is 0 Å². The lowest BCUT2D eigenvalue weighted by Gasteiger charge is -2.38. The van der Waals surface area contributed by atoms with Crippen LogP contribution >= 0.6 is 44.2 Å². The summed E-state index contributed by atoms with van der Waals surface area (Å²) in [6, 6.07) is 0. The summed E-state index contributed by atoms with van der Waals surface area (Å²) in [5.41, 5.74) is 0.394.